The molecule has 1 saturated heterocycles. The molecule has 2 N–H and O–H groups in total. The van der Waals surface area contributed by atoms with Crippen LogP contribution in [0.5, 0.6) is 11.5 Å². The number of carbonyl (C=O) groups excluding carboxylic acids is 2. The van der Waals surface area contributed by atoms with Crippen LogP contribution in [0.1, 0.15) is 18.1 Å². The summed E-state index contributed by atoms with van der Waals surface area (Å²) < 4.78 is 10.8. The average molecular weight is 393 g/mol. The predicted molar refractivity (Wildman–Crippen MR) is 108 cm³/mol. The Balaban J connectivity index is 1.79. The molecule has 0 bridgehead atoms. The number of ether oxygens (including phenoxy) is 2. The zero-order valence-corrected chi connectivity index (χ0v) is 17.3. The highest BCUT2D eigenvalue weighted by molar-refractivity contribution is 5.85. The van der Waals surface area contributed by atoms with Gasteiger partial charge >= 0.3 is 0 Å². The number of nitrogens with one attached hydrogen (secondary N) is 2. The largest absolute Gasteiger partial charge is 0.493 e. The van der Waals surface area contributed by atoms with E-state index in [-0.39, 0.29) is 18.4 Å². The van der Waals surface area contributed by atoms with E-state index in [1.165, 1.54) is 11.1 Å². The van der Waals surface area contributed by atoms with Crippen molar-refractivity contribution in [3.63, 3.8) is 0 Å². The fourth-order valence-electron chi connectivity index (χ4n) is 3.24. The Morgan fingerprint density at radius 2 is 1.57 bits per heavy atom. The summed E-state index contributed by atoms with van der Waals surface area (Å²) >= 11 is 0. The minimum Gasteiger partial charge on any atom is -0.493 e. The molecule has 1 aromatic rings. The first-order chi connectivity index (χ1) is 13.5. The summed E-state index contributed by atoms with van der Waals surface area (Å²) in [5.41, 5.74) is 2.38. The van der Waals surface area contributed by atoms with Gasteiger partial charge in [-0.25, -0.2) is 0 Å². The number of hydrogen-bond acceptors (Lipinski definition) is 6. The minimum atomic E-state index is -0.161. The van der Waals surface area contributed by atoms with Crippen LogP contribution in [0.25, 0.3) is 0 Å². The molecule has 0 aromatic heterocycles. The number of methoxy groups -OCH3 is 2. The van der Waals surface area contributed by atoms with Gasteiger partial charge in [0.15, 0.2) is 11.5 Å². The van der Waals surface area contributed by atoms with Crippen molar-refractivity contribution < 1.29 is 19.1 Å². The van der Waals surface area contributed by atoms with Crippen LogP contribution in [0, 0.1) is 6.92 Å². The summed E-state index contributed by atoms with van der Waals surface area (Å²) in [5, 5.41) is 5.33. The first-order valence-electron chi connectivity index (χ1n) is 9.66. The maximum atomic E-state index is 12.0. The van der Waals surface area contributed by atoms with Crippen LogP contribution in [0.4, 0.5) is 0 Å². The van der Waals surface area contributed by atoms with E-state index < -0.39 is 0 Å². The first kappa shape index (κ1) is 22.0. The summed E-state index contributed by atoms with van der Waals surface area (Å²) in [4.78, 5) is 27.9. The molecule has 1 aliphatic rings. The fraction of sp³-hybridized carbons (Fsp3) is 0.600. The highest BCUT2D eigenvalue weighted by atomic mass is 16.5. The Labute approximate surface area is 167 Å². The minimum absolute atomic E-state index is 0.0330. The molecular weight excluding hydrogens is 360 g/mol. The number of benzene rings is 1. The van der Waals surface area contributed by atoms with Gasteiger partial charge in [0.2, 0.25) is 11.8 Å². The van der Waals surface area contributed by atoms with Crippen molar-refractivity contribution in [1.82, 2.24) is 20.4 Å². The van der Waals surface area contributed by atoms with Gasteiger partial charge < -0.3 is 20.1 Å². The van der Waals surface area contributed by atoms with Gasteiger partial charge in [-0.15, -0.1) is 0 Å². The van der Waals surface area contributed by atoms with E-state index in [9.17, 15) is 9.59 Å². The topological polar surface area (TPSA) is 83.1 Å². The summed E-state index contributed by atoms with van der Waals surface area (Å²) in [5.74, 6) is 1.21. The molecule has 28 heavy (non-hydrogen) atoms. The van der Waals surface area contributed by atoms with E-state index >= 15 is 0 Å². The molecule has 0 saturated carbocycles. The van der Waals surface area contributed by atoms with E-state index in [4.69, 9.17) is 9.47 Å². The third-order valence-electron chi connectivity index (χ3n) is 4.89. The van der Waals surface area contributed by atoms with Crippen molar-refractivity contribution in [2.24, 2.45) is 0 Å². The number of carbonyl (C=O) groups is 2. The SMILES string of the molecule is CCNC(=O)CNC(=O)CN1CCN(Cc2cc(OC)c(OC)cc2C)CC1. The molecule has 2 rings (SSSR count). The van der Waals surface area contributed by atoms with E-state index in [2.05, 4.69) is 27.4 Å². The first-order valence-corrected chi connectivity index (χ1v) is 9.66. The number of rotatable bonds is 9. The third kappa shape index (κ3) is 6.38. The van der Waals surface area contributed by atoms with Crippen LogP contribution in [-0.2, 0) is 16.1 Å². The molecule has 1 aromatic carbocycles. The Hall–Kier alpha value is -2.32. The van der Waals surface area contributed by atoms with Gasteiger partial charge in [-0.1, -0.05) is 0 Å². The Bertz CT molecular complexity index is 672. The monoisotopic (exact) mass is 392 g/mol. The molecule has 1 heterocycles. The van der Waals surface area contributed by atoms with Crippen molar-refractivity contribution in [3.05, 3.63) is 23.3 Å². The smallest absolute Gasteiger partial charge is 0.239 e. The fourth-order valence-corrected chi connectivity index (χ4v) is 3.24. The summed E-state index contributed by atoms with van der Waals surface area (Å²) in [6.45, 7) is 9.10. The molecule has 1 aliphatic heterocycles. The van der Waals surface area contributed by atoms with Crippen LogP contribution < -0.4 is 20.1 Å². The molecule has 0 unspecified atom stereocenters. The van der Waals surface area contributed by atoms with Crippen molar-refractivity contribution in [2.75, 3.05) is 60.0 Å². The van der Waals surface area contributed by atoms with Crippen LogP contribution >= 0.6 is 0 Å². The van der Waals surface area contributed by atoms with E-state index in [0.717, 1.165) is 44.2 Å². The molecule has 0 radical (unpaired) electrons. The van der Waals surface area contributed by atoms with Crippen molar-refractivity contribution in [3.8, 4) is 11.5 Å². The van der Waals surface area contributed by atoms with Gasteiger partial charge in [0.25, 0.3) is 0 Å². The van der Waals surface area contributed by atoms with Crippen molar-refractivity contribution in [2.45, 2.75) is 20.4 Å². The lowest BCUT2D eigenvalue weighted by Gasteiger charge is -2.34. The summed E-state index contributed by atoms with van der Waals surface area (Å²) in [6, 6.07) is 4.04. The Kier molecular flexibility index (Phi) is 8.53. The molecule has 0 atom stereocenters. The van der Waals surface area contributed by atoms with Crippen LogP contribution in [0.15, 0.2) is 12.1 Å². The summed E-state index contributed by atoms with van der Waals surface area (Å²) in [6.07, 6.45) is 0. The van der Waals surface area contributed by atoms with E-state index in [1.54, 1.807) is 14.2 Å². The normalized spacial score (nSPS) is 15.1. The quantitative estimate of drug-likeness (QED) is 0.632. The number of amides is 2. The molecule has 0 aliphatic carbocycles. The second kappa shape index (κ2) is 10.9. The Morgan fingerprint density at radius 3 is 2.18 bits per heavy atom. The highest BCUT2D eigenvalue weighted by Crippen LogP contribution is 2.30. The van der Waals surface area contributed by atoms with Gasteiger partial charge in [0, 0.05) is 39.3 Å². The number of nitrogens with zero attached hydrogens (tertiary/aromatic N) is 2. The van der Waals surface area contributed by atoms with E-state index in [1.807, 2.05) is 19.1 Å². The Morgan fingerprint density at radius 1 is 0.964 bits per heavy atom. The second-order valence-corrected chi connectivity index (χ2v) is 6.92. The second-order valence-electron chi connectivity index (χ2n) is 6.92. The number of piperazine rings is 1. The zero-order valence-electron chi connectivity index (χ0n) is 17.3. The lowest BCUT2D eigenvalue weighted by Crippen LogP contribution is -2.49. The molecule has 156 valence electrons. The van der Waals surface area contributed by atoms with Crippen LogP contribution in [0.3, 0.4) is 0 Å². The van der Waals surface area contributed by atoms with Gasteiger partial charge in [-0.3, -0.25) is 19.4 Å². The van der Waals surface area contributed by atoms with Gasteiger partial charge in [0.1, 0.15) is 0 Å². The molecule has 8 nitrogen and oxygen atoms in total. The predicted octanol–water partition coefficient (Wildman–Crippen LogP) is 0.382. The number of aryl methyl sites for hydroxylation is 1. The molecule has 8 heteroatoms. The number of hydrogen-bond donors (Lipinski definition) is 2. The van der Waals surface area contributed by atoms with Gasteiger partial charge in [-0.2, -0.15) is 0 Å². The lowest BCUT2D eigenvalue weighted by molar-refractivity contribution is -0.127. The van der Waals surface area contributed by atoms with Crippen molar-refractivity contribution >= 4 is 11.8 Å². The van der Waals surface area contributed by atoms with Gasteiger partial charge in [0.05, 0.1) is 27.3 Å². The van der Waals surface area contributed by atoms with Gasteiger partial charge in [-0.05, 0) is 37.1 Å². The molecule has 2 amide bonds. The maximum absolute atomic E-state index is 12.0. The average Bonchev–Trinajstić information content (AvgIpc) is 2.69. The van der Waals surface area contributed by atoms with Crippen molar-refractivity contribution in [1.29, 1.82) is 0 Å². The molecular formula is C20H32N4O4. The molecule has 1 fully saturated rings. The van der Waals surface area contributed by atoms with Crippen LogP contribution in [0.2, 0.25) is 0 Å². The van der Waals surface area contributed by atoms with E-state index in [0.29, 0.717) is 13.1 Å². The third-order valence-corrected chi connectivity index (χ3v) is 4.89. The standard InChI is InChI=1S/C20H32N4O4/c1-5-21-19(25)12-22-20(26)14-24-8-6-23(7-9-24)13-16-11-18(28-4)17(27-3)10-15(16)2/h10-11H,5-9,12-14H2,1-4H3,(H,21,25)(H,22,26). The molecule has 0 spiro atoms. The maximum Gasteiger partial charge on any atom is 0.239 e. The van der Waals surface area contributed by atoms with Crippen LogP contribution in [-0.4, -0.2) is 81.6 Å². The summed E-state index contributed by atoms with van der Waals surface area (Å²) in [7, 11) is 3.29. The number of likely N-dealkylation sites (N-methyl/N-ethyl adjacent to an activating group) is 1. The highest BCUT2D eigenvalue weighted by Gasteiger charge is 2.20. The zero-order chi connectivity index (χ0) is 20.5. The lowest BCUT2D eigenvalue weighted by atomic mass is 10.1.